The smallest absolute Gasteiger partial charge is 0.293 e. The van der Waals surface area contributed by atoms with Gasteiger partial charge in [-0.3, -0.25) is 0 Å². The Kier molecular flexibility index (Phi) is 1.49. The minimum atomic E-state index is 0.488. The minimum absolute atomic E-state index is 0.488. The van der Waals surface area contributed by atoms with Gasteiger partial charge in [0.15, 0.2) is 0 Å². The van der Waals surface area contributed by atoms with Crippen LogP contribution in [-0.4, -0.2) is 4.98 Å². The second kappa shape index (κ2) is 2.14. The van der Waals surface area contributed by atoms with Crippen molar-refractivity contribution >= 4 is 23.2 Å². The number of rotatable bonds is 1. The molecule has 1 rings (SSSR count). The summed E-state index contributed by atoms with van der Waals surface area (Å²) in [7, 11) is 0. The van der Waals surface area contributed by atoms with Crippen LogP contribution in [0.3, 0.4) is 0 Å². The SMILES string of the molecule is ClOc1nccs1. The van der Waals surface area contributed by atoms with Gasteiger partial charge in [0.05, 0.1) is 0 Å². The predicted molar refractivity (Wildman–Crippen MR) is 28.6 cm³/mol. The number of halogens is 1. The molecule has 0 unspecified atom stereocenters. The van der Waals surface area contributed by atoms with Crippen LogP contribution in [-0.2, 0) is 0 Å². The quantitative estimate of drug-likeness (QED) is 0.585. The molecule has 0 saturated carbocycles. The van der Waals surface area contributed by atoms with Crippen LogP contribution in [0.1, 0.15) is 0 Å². The molecule has 1 aromatic rings. The molecule has 0 aliphatic rings. The monoisotopic (exact) mass is 135 g/mol. The van der Waals surface area contributed by atoms with E-state index in [1.54, 1.807) is 11.6 Å². The van der Waals surface area contributed by atoms with Crippen LogP contribution in [0.25, 0.3) is 0 Å². The first kappa shape index (κ1) is 4.87. The summed E-state index contributed by atoms with van der Waals surface area (Å²) in [5, 5.41) is 2.28. The van der Waals surface area contributed by atoms with Gasteiger partial charge in [0, 0.05) is 11.6 Å². The molecule has 0 N–H and O–H groups in total. The lowest BCUT2D eigenvalue weighted by molar-refractivity contribution is 0.612. The van der Waals surface area contributed by atoms with Crippen LogP contribution < -0.4 is 4.29 Å². The molecule has 0 radical (unpaired) electrons. The summed E-state index contributed by atoms with van der Waals surface area (Å²) >= 11 is 6.27. The Hall–Kier alpha value is -0.280. The molecule has 4 heteroatoms. The standard InChI is InChI=1S/C3H2ClNOS/c4-6-3-5-1-2-7-3/h1-2H. The van der Waals surface area contributed by atoms with Crippen molar-refractivity contribution in [2.24, 2.45) is 0 Å². The minimum Gasteiger partial charge on any atom is -0.353 e. The summed E-state index contributed by atoms with van der Waals surface area (Å²) in [6.07, 6.45) is 1.63. The van der Waals surface area contributed by atoms with Crippen molar-refractivity contribution in [1.82, 2.24) is 4.98 Å². The number of hydrogen-bond acceptors (Lipinski definition) is 3. The molecule has 1 aromatic heterocycles. The van der Waals surface area contributed by atoms with Crippen LogP contribution in [0.15, 0.2) is 11.6 Å². The molecule has 38 valence electrons. The number of hydrogen-bond donors (Lipinski definition) is 0. The zero-order valence-corrected chi connectivity index (χ0v) is 4.87. The highest BCUT2D eigenvalue weighted by atomic mass is 35.5. The summed E-state index contributed by atoms with van der Waals surface area (Å²) in [4.78, 5) is 3.70. The first-order chi connectivity index (χ1) is 3.43. The summed E-state index contributed by atoms with van der Waals surface area (Å²) in [5.41, 5.74) is 0. The topological polar surface area (TPSA) is 22.1 Å². The van der Waals surface area contributed by atoms with Gasteiger partial charge < -0.3 is 4.29 Å². The first-order valence-electron chi connectivity index (χ1n) is 1.61. The normalized spacial score (nSPS) is 8.71. The fourth-order valence-electron chi connectivity index (χ4n) is 0.248. The largest absolute Gasteiger partial charge is 0.353 e. The van der Waals surface area contributed by atoms with E-state index >= 15 is 0 Å². The van der Waals surface area contributed by atoms with Crippen molar-refractivity contribution in [3.8, 4) is 5.19 Å². The summed E-state index contributed by atoms with van der Waals surface area (Å²) in [5.74, 6) is 0. The van der Waals surface area contributed by atoms with Crippen LogP contribution in [0, 0.1) is 0 Å². The van der Waals surface area contributed by atoms with Gasteiger partial charge in [-0.15, -0.1) is 0 Å². The molecule has 7 heavy (non-hydrogen) atoms. The molecule has 0 amide bonds. The van der Waals surface area contributed by atoms with E-state index in [-0.39, 0.29) is 0 Å². The molecular formula is C3H2ClNOS. The molecule has 2 nitrogen and oxygen atoms in total. The Morgan fingerprint density at radius 2 is 2.71 bits per heavy atom. The van der Waals surface area contributed by atoms with Crippen LogP contribution in [0.5, 0.6) is 5.19 Å². The highest BCUT2D eigenvalue weighted by molar-refractivity contribution is 7.11. The van der Waals surface area contributed by atoms with Crippen LogP contribution >= 0.6 is 23.2 Å². The number of nitrogens with zero attached hydrogens (tertiary/aromatic N) is 1. The molecule has 1 heterocycles. The number of aromatic nitrogens is 1. The fourth-order valence-corrected chi connectivity index (χ4v) is 0.794. The molecule has 0 atom stereocenters. The highest BCUT2D eigenvalue weighted by Gasteiger charge is 1.88. The molecule has 0 fully saturated rings. The molecular weight excluding hydrogens is 134 g/mol. The van der Waals surface area contributed by atoms with Gasteiger partial charge in [0.2, 0.25) is 0 Å². The second-order valence-electron chi connectivity index (χ2n) is 0.875. The maximum atomic E-state index is 4.92. The van der Waals surface area contributed by atoms with Crippen molar-refractivity contribution < 1.29 is 4.29 Å². The molecule has 0 aliphatic carbocycles. The third kappa shape index (κ3) is 1.04. The average Bonchev–Trinajstić information content (AvgIpc) is 2.14. The van der Waals surface area contributed by atoms with Crippen LogP contribution in [0.2, 0.25) is 0 Å². The van der Waals surface area contributed by atoms with Crippen LogP contribution in [0.4, 0.5) is 0 Å². The van der Waals surface area contributed by atoms with Gasteiger partial charge in [-0.25, -0.2) is 4.98 Å². The van der Waals surface area contributed by atoms with E-state index in [2.05, 4.69) is 9.27 Å². The molecule has 0 aliphatic heterocycles. The third-order valence-electron chi connectivity index (χ3n) is 0.476. The van der Waals surface area contributed by atoms with Crippen molar-refractivity contribution in [2.75, 3.05) is 0 Å². The Morgan fingerprint density at radius 3 is 3.00 bits per heavy atom. The zero-order valence-electron chi connectivity index (χ0n) is 3.30. The van der Waals surface area contributed by atoms with Gasteiger partial charge >= 0.3 is 0 Å². The maximum Gasteiger partial charge on any atom is 0.293 e. The summed E-state index contributed by atoms with van der Waals surface area (Å²) in [6.45, 7) is 0. The molecule has 0 bridgehead atoms. The van der Waals surface area contributed by atoms with Crippen molar-refractivity contribution in [1.29, 1.82) is 0 Å². The second-order valence-corrected chi connectivity index (χ2v) is 1.89. The first-order valence-corrected chi connectivity index (χ1v) is 2.80. The molecule has 0 spiro atoms. The lowest BCUT2D eigenvalue weighted by Gasteiger charge is -1.78. The van der Waals surface area contributed by atoms with Gasteiger partial charge in [-0.1, -0.05) is 11.3 Å². The average molecular weight is 136 g/mol. The Bertz CT molecular complexity index is 129. The van der Waals surface area contributed by atoms with Gasteiger partial charge in [-0.05, 0) is 0 Å². The lowest BCUT2D eigenvalue weighted by atomic mass is 11.0. The van der Waals surface area contributed by atoms with E-state index in [4.69, 9.17) is 11.9 Å². The Balaban J connectivity index is 2.76. The highest BCUT2D eigenvalue weighted by Crippen LogP contribution is 2.13. The number of thiazole rings is 1. The van der Waals surface area contributed by atoms with Gasteiger partial charge in [-0.2, -0.15) is 0 Å². The predicted octanol–water partition coefficient (Wildman–Crippen LogP) is 1.68. The zero-order chi connectivity index (χ0) is 5.11. The maximum absolute atomic E-state index is 4.92. The van der Waals surface area contributed by atoms with E-state index in [0.717, 1.165) is 0 Å². The van der Waals surface area contributed by atoms with Crippen molar-refractivity contribution in [3.05, 3.63) is 11.6 Å². The Labute approximate surface area is 49.9 Å². The van der Waals surface area contributed by atoms with Gasteiger partial charge in [0.25, 0.3) is 5.19 Å². The van der Waals surface area contributed by atoms with E-state index in [0.29, 0.717) is 5.19 Å². The Morgan fingerprint density at radius 1 is 1.86 bits per heavy atom. The van der Waals surface area contributed by atoms with E-state index in [1.165, 1.54) is 11.3 Å². The molecule has 0 aromatic carbocycles. The molecule has 0 saturated heterocycles. The van der Waals surface area contributed by atoms with E-state index in [1.807, 2.05) is 0 Å². The van der Waals surface area contributed by atoms with Crippen molar-refractivity contribution in [3.63, 3.8) is 0 Å². The van der Waals surface area contributed by atoms with E-state index in [9.17, 15) is 0 Å². The fraction of sp³-hybridized carbons (Fsp3) is 0. The van der Waals surface area contributed by atoms with Gasteiger partial charge in [0.1, 0.15) is 11.9 Å². The van der Waals surface area contributed by atoms with Crippen molar-refractivity contribution in [2.45, 2.75) is 0 Å². The third-order valence-corrected chi connectivity index (χ3v) is 1.36. The van der Waals surface area contributed by atoms with E-state index < -0.39 is 0 Å². The summed E-state index contributed by atoms with van der Waals surface area (Å²) < 4.78 is 4.23. The lowest BCUT2D eigenvalue weighted by Crippen LogP contribution is -1.66. The summed E-state index contributed by atoms with van der Waals surface area (Å²) in [6, 6.07) is 0.